The fourth-order valence-electron chi connectivity index (χ4n) is 1.91. The minimum absolute atomic E-state index is 0.0501. The first-order chi connectivity index (χ1) is 10.0. The van der Waals surface area contributed by atoms with Crippen LogP contribution in [0.4, 0.5) is 0 Å². The number of nitrogens with zero attached hydrogens (tertiary/aromatic N) is 1. The van der Waals surface area contributed by atoms with Crippen LogP contribution in [0.2, 0.25) is 0 Å². The first-order valence-electron chi connectivity index (χ1n) is 6.60. The Morgan fingerprint density at radius 3 is 2.05 bits per heavy atom. The number of rotatable bonds is 8. The molecule has 116 valence electrons. The smallest absolute Gasteiger partial charge is 0.212 e. The van der Waals surface area contributed by atoms with Gasteiger partial charge in [-0.15, -0.1) is 34.3 Å². The third kappa shape index (κ3) is 5.07. The predicted molar refractivity (Wildman–Crippen MR) is 91.6 cm³/mol. The molecule has 7 heteroatoms. The maximum absolute atomic E-state index is 12.6. The molecule has 1 unspecified atom stereocenters. The van der Waals surface area contributed by atoms with E-state index in [1.807, 2.05) is 41.9 Å². The van der Waals surface area contributed by atoms with Crippen LogP contribution in [0, 0.1) is 5.92 Å². The lowest BCUT2D eigenvalue weighted by Gasteiger charge is -2.22. The lowest BCUT2D eigenvalue weighted by atomic mass is 10.3. The third-order valence-electron chi connectivity index (χ3n) is 2.98. The van der Waals surface area contributed by atoms with Crippen molar-refractivity contribution in [3.63, 3.8) is 0 Å². The van der Waals surface area contributed by atoms with Gasteiger partial charge in [0.25, 0.3) is 0 Å². The van der Waals surface area contributed by atoms with Crippen LogP contribution in [-0.4, -0.2) is 24.4 Å². The van der Waals surface area contributed by atoms with Crippen LogP contribution in [0.25, 0.3) is 0 Å². The number of halogens is 1. The van der Waals surface area contributed by atoms with Crippen LogP contribution in [0.3, 0.4) is 0 Å². The minimum atomic E-state index is -3.32. The highest BCUT2D eigenvalue weighted by Gasteiger charge is 2.25. The molecule has 2 heterocycles. The van der Waals surface area contributed by atoms with Crippen LogP contribution in [0.1, 0.15) is 16.7 Å². The second-order valence-corrected chi connectivity index (χ2v) is 9.35. The Labute approximate surface area is 139 Å². The number of sulfonamides is 1. The summed E-state index contributed by atoms with van der Waals surface area (Å²) >= 11 is 8.92. The van der Waals surface area contributed by atoms with E-state index in [-0.39, 0.29) is 11.7 Å². The second kappa shape index (κ2) is 7.74. The van der Waals surface area contributed by atoms with Gasteiger partial charge in [-0.2, -0.15) is 4.31 Å². The molecule has 1 atom stereocenters. The van der Waals surface area contributed by atoms with Crippen molar-refractivity contribution in [3.8, 4) is 0 Å². The highest BCUT2D eigenvalue weighted by Crippen LogP contribution is 2.21. The van der Waals surface area contributed by atoms with Gasteiger partial charge in [-0.25, -0.2) is 8.42 Å². The van der Waals surface area contributed by atoms with Gasteiger partial charge in [0, 0.05) is 28.7 Å². The molecule has 0 aliphatic rings. The zero-order valence-corrected chi connectivity index (χ0v) is 14.9. The van der Waals surface area contributed by atoms with Crippen molar-refractivity contribution in [1.82, 2.24) is 4.31 Å². The molecule has 0 spiro atoms. The fraction of sp³-hybridized carbons (Fsp3) is 0.429. The van der Waals surface area contributed by atoms with E-state index in [4.69, 9.17) is 11.6 Å². The average Bonchev–Trinajstić information content (AvgIpc) is 3.10. The molecule has 0 saturated heterocycles. The lowest BCUT2D eigenvalue weighted by Crippen LogP contribution is -2.34. The summed E-state index contributed by atoms with van der Waals surface area (Å²) in [5, 5.41) is 3.93. The van der Waals surface area contributed by atoms with E-state index in [2.05, 4.69) is 0 Å². The van der Waals surface area contributed by atoms with Gasteiger partial charge in [-0.05, 0) is 28.8 Å². The Bertz CT molecular complexity index is 587. The molecule has 0 aromatic carbocycles. The standard InChI is InChI=1S/C14H18ClNO2S3/c1-12(8-15)11-21(17,18)16(9-13-4-2-6-19-13)10-14-5-3-7-20-14/h2-7,12H,8-11H2,1H3. The summed E-state index contributed by atoms with van der Waals surface area (Å²) in [6.45, 7) is 2.71. The minimum Gasteiger partial charge on any atom is -0.212 e. The molecule has 0 aliphatic carbocycles. The van der Waals surface area contributed by atoms with Gasteiger partial charge in [-0.1, -0.05) is 19.1 Å². The average molecular weight is 364 g/mol. The van der Waals surface area contributed by atoms with Crippen molar-refractivity contribution in [2.45, 2.75) is 20.0 Å². The summed E-state index contributed by atoms with van der Waals surface area (Å²) in [6, 6.07) is 7.81. The van der Waals surface area contributed by atoms with E-state index >= 15 is 0 Å². The molecule has 2 aromatic heterocycles. The van der Waals surface area contributed by atoms with Gasteiger partial charge in [-0.3, -0.25) is 0 Å². The molecule has 0 saturated carbocycles. The monoisotopic (exact) mass is 363 g/mol. The van der Waals surface area contributed by atoms with Crippen LogP contribution in [0.15, 0.2) is 35.0 Å². The third-order valence-corrected chi connectivity index (χ3v) is 7.26. The SMILES string of the molecule is CC(CCl)CS(=O)(=O)N(Cc1cccs1)Cc1cccs1. The van der Waals surface area contributed by atoms with E-state index in [1.165, 1.54) is 0 Å². The zero-order valence-electron chi connectivity index (χ0n) is 11.7. The molecule has 0 N–H and O–H groups in total. The Balaban J connectivity index is 2.17. The van der Waals surface area contributed by atoms with Gasteiger partial charge in [0.2, 0.25) is 10.0 Å². The van der Waals surface area contributed by atoms with Crippen molar-refractivity contribution < 1.29 is 8.42 Å². The van der Waals surface area contributed by atoms with Crippen molar-refractivity contribution >= 4 is 44.3 Å². The number of hydrogen-bond donors (Lipinski definition) is 0. The summed E-state index contributed by atoms with van der Waals surface area (Å²) < 4.78 is 26.8. The van der Waals surface area contributed by atoms with E-state index in [0.717, 1.165) is 9.75 Å². The molecule has 0 amide bonds. The van der Waals surface area contributed by atoms with Crippen LogP contribution < -0.4 is 0 Å². The quantitative estimate of drug-likeness (QED) is 0.664. The first-order valence-corrected chi connectivity index (χ1v) is 10.5. The van der Waals surface area contributed by atoms with Crippen molar-refractivity contribution in [3.05, 3.63) is 44.8 Å². The Morgan fingerprint density at radius 1 is 1.14 bits per heavy atom. The Morgan fingerprint density at radius 2 is 1.67 bits per heavy atom. The maximum atomic E-state index is 12.6. The summed E-state index contributed by atoms with van der Waals surface area (Å²) in [5.74, 6) is 0.393. The van der Waals surface area contributed by atoms with Crippen molar-refractivity contribution in [1.29, 1.82) is 0 Å². The molecule has 0 fully saturated rings. The molecule has 2 aromatic rings. The highest BCUT2D eigenvalue weighted by molar-refractivity contribution is 7.89. The van der Waals surface area contributed by atoms with Crippen LogP contribution in [0.5, 0.6) is 0 Å². The second-order valence-electron chi connectivity index (χ2n) is 4.96. The maximum Gasteiger partial charge on any atom is 0.215 e. The Kier molecular flexibility index (Phi) is 6.25. The van der Waals surface area contributed by atoms with Gasteiger partial charge in [0.05, 0.1) is 5.75 Å². The van der Waals surface area contributed by atoms with Crippen LogP contribution in [-0.2, 0) is 23.1 Å². The summed E-state index contributed by atoms with van der Waals surface area (Å²) in [4.78, 5) is 2.10. The first kappa shape index (κ1) is 17.0. The molecular weight excluding hydrogens is 346 g/mol. The normalized spacial score (nSPS) is 13.7. The molecular formula is C14H18ClNO2S3. The number of thiophene rings is 2. The van der Waals surface area contributed by atoms with E-state index in [0.29, 0.717) is 19.0 Å². The van der Waals surface area contributed by atoms with Crippen molar-refractivity contribution in [2.75, 3.05) is 11.6 Å². The molecule has 3 nitrogen and oxygen atoms in total. The van der Waals surface area contributed by atoms with Crippen LogP contribution >= 0.6 is 34.3 Å². The molecule has 0 aliphatic heterocycles. The van der Waals surface area contributed by atoms with Gasteiger partial charge in [0.15, 0.2) is 0 Å². The highest BCUT2D eigenvalue weighted by atomic mass is 35.5. The van der Waals surface area contributed by atoms with E-state index in [1.54, 1.807) is 27.0 Å². The fourth-order valence-corrected chi connectivity index (χ4v) is 5.47. The zero-order chi connectivity index (χ0) is 15.3. The van der Waals surface area contributed by atoms with E-state index < -0.39 is 10.0 Å². The molecule has 0 bridgehead atoms. The number of alkyl halides is 1. The van der Waals surface area contributed by atoms with Gasteiger partial charge >= 0.3 is 0 Å². The summed E-state index contributed by atoms with van der Waals surface area (Å²) in [6.07, 6.45) is 0. The molecule has 2 rings (SSSR count). The number of hydrogen-bond acceptors (Lipinski definition) is 4. The van der Waals surface area contributed by atoms with Crippen molar-refractivity contribution in [2.24, 2.45) is 5.92 Å². The molecule has 21 heavy (non-hydrogen) atoms. The molecule has 0 radical (unpaired) electrons. The predicted octanol–water partition coefficient (Wildman–Crippen LogP) is 4.02. The summed E-state index contributed by atoms with van der Waals surface area (Å²) in [7, 11) is -3.32. The Hall–Kier alpha value is -0.400. The van der Waals surface area contributed by atoms with Gasteiger partial charge < -0.3 is 0 Å². The lowest BCUT2D eigenvalue weighted by molar-refractivity contribution is 0.403. The largest absolute Gasteiger partial charge is 0.215 e. The van der Waals surface area contributed by atoms with E-state index in [9.17, 15) is 8.42 Å². The van der Waals surface area contributed by atoms with Gasteiger partial charge in [0.1, 0.15) is 0 Å². The summed E-state index contributed by atoms with van der Waals surface area (Å²) in [5.41, 5.74) is 0. The topological polar surface area (TPSA) is 37.4 Å².